The standard InChI is InChI=1S/C14H18N2O/c1-11-4-6-12(7-5-11)8-13(17)16-10-14(2,3)9-15/h4-7H,8,10H2,1-3H3,(H,16,17). The van der Waals surface area contributed by atoms with Gasteiger partial charge in [-0.25, -0.2) is 0 Å². The van der Waals surface area contributed by atoms with Gasteiger partial charge in [-0.15, -0.1) is 0 Å². The van der Waals surface area contributed by atoms with Gasteiger partial charge >= 0.3 is 0 Å². The number of aryl methyl sites for hydroxylation is 1. The van der Waals surface area contributed by atoms with Crippen molar-refractivity contribution in [3.05, 3.63) is 35.4 Å². The van der Waals surface area contributed by atoms with Crippen LogP contribution in [0.15, 0.2) is 24.3 Å². The molecule has 0 heterocycles. The molecule has 1 aromatic carbocycles. The van der Waals surface area contributed by atoms with Gasteiger partial charge in [0.05, 0.1) is 17.9 Å². The highest BCUT2D eigenvalue weighted by Gasteiger charge is 2.17. The van der Waals surface area contributed by atoms with Crippen LogP contribution in [0.3, 0.4) is 0 Å². The Kier molecular flexibility index (Phi) is 4.28. The predicted molar refractivity (Wildman–Crippen MR) is 67.3 cm³/mol. The number of hydrogen-bond donors (Lipinski definition) is 1. The van der Waals surface area contributed by atoms with Crippen molar-refractivity contribution in [2.75, 3.05) is 6.54 Å². The van der Waals surface area contributed by atoms with Crippen LogP contribution >= 0.6 is 0 Å². The Labute approximate surface area is 102 Å². The molecule has 0 saturated heterocycles. The van der Waals surface area contributed by atoms with Gasteiger partial charge in [-0.3, -0.25) is 4.79 Å². The molecule has 0 aliphatic rings. The second-order valence-electron chi connectivity index (χ2n) is 4.93. The molecule has 0 aliphatic carbocycles. The fourth-order valence-corrected chi connectivity index (χ4v) is 1.31. The summed E-state index contributed by atoms with van der Waals surface area (Å²) in [7, 11) is 0. The van der Waals surface area contributed by atoms with Crippen LogP contribution in [0.5, 0.6) is 0 Å². The van der Waals surface area contributed by atoms with Gasteiger partial charge in [-0.05, 0) is 26.3 Å². The minimum Gasteiger partial charge on any atom is -0.354 e. The Bertz CT molecular complexity index is 427. The first-order valence-corrected chi connectivity index (χ1v) is 5.66. The molecule has 1 N–H and O–H groups in total. The van der Waals surface area contributed by atoms with Crippen molar-refractivity contribution in [3.8, 4) is 6.07 Å². The third-order valence-corrected chi connectivity index (χ3v) is 2.52. The van der Waals surface area contributed by atoms with Gasteiger partial charge in [0.25, 0.3) is 0 Å². The van der Waals surface area contributed by atoms with Crippen LogP contribution in [0.1, 0.15) is 25.0 Å². The average Bonchev–Trinajstić information content (AvgIpc) is 2.30. The third kappa shape index (κ3) is 4.69. The average molecular weight is 230 g/mol. The summed E-state index contributed by atoms with van der Waals surface area (Å²) < 4.78 is 0. The van der Waals surface area contributed by atoms with Gasteiger partial charge in [0.2, 0.25) is 5.91 Å². The molecule has 0 spiro atoms. The van der Waals surface area contributed by atoms with Gasteiger partial charge in [-0.2, -0.15) is 5.26 Å². The second kappa shape index (κ2) is 5.49. The molecular weight excluding hydrogens is 212 g/mol. The number of amides is 1. The summed E-state index contributed by atoms with van der Waals surface area (Å²) in [6.45, 7) is 6.01. The highest BCUT2D eigenvalue weighted by atomic mass is 16.1. The zero-order valence-electron chi connectivity index (χ0n) is 10.6. The van der Waals surface area contributed by atoms with E-state index < -0.39 is 5.41 Å². The normalized spacial score (nSPS) is 10.7. The van der Waals surface area contributed by atoms with Crippen molar-refractivity contribution in [1.82, 2.24) is 5.32 Å². The van der Waals surface area contributed by atoms with Crippen LogP contribution in [0, 0.1) is 23.7 Å². The number of nitriles is 1. The lowest BCUT2D eigenvalue weighted by molar-refractivity contribution is -0.120. The van der Waals surface area contributed by atoms with Crippen LogP contribution in [0.4, 0.5) is 0 Å². The van der Waals surface area contributed by atoms with Crippen molar-refractivity contribution in [1.29, 1.82) is 5.26 Å². The molecule has 1 rings (SSSR count). The fraction of sp³-hybridized carbons (Fsp3) is 0.429. The molecule has 0 unspecified atom stereocenters. The smallest absolute Gasteiger partial charge is 0.224 e. The molecule has 1 aromatic rings. The number of carbonyl (C=O) groups excluding carboxylic acids is 1. The van der Waals surface area contributed by atoms with Crippen molar-refractivity contribution in [2.24, 2.45) is 5.41 Å². The number of nitrogens with one attached hydrogen (secondary N) is 1. The summed E-state index contributed by atoms with van der Waals surface area (Å²) >= 11 is 0. The molecule has 90 valence electrons. The van der Waals surface area contributed by atoms with Crippen molar-refractivity contribution < 1.29 is 4.79 Å². The Balaban J connectivity index is 2.46. The summed E-state index contributed by atoms with van der Waals surface area (Å²) in [6.07, 6.45) is 0.363. The minimum absolute atomic E-state index is 0.0443. The quantitative estimate of drug-likeness (QED) is 0.862. The van der Waals surface area contributed by atoms with Crippen LogP contribution in [0.2, 0.25) is 0 Å². The SMILES string of the molecule is Cc1ccc(CC(=O)NCC(C)(C)C#N)cc1. The van der Waals surface area contributed by atoms with E-state index >= 15 is 0 Å². The highest BCUT2D eigenvalue weighted by molar-refractivity contribution is 5.78. The summed E-state index contributed by atoms with van der Waals surface area (Å²) in [4.78, 5) is 11.6. The molecule has 3 heteroatoms. The van der Waals surface area contributed by atoms with Crippen LogP contribution in [0.25, 0.3) is 0 Å². The molecule has 0 atom stereocenters. The predicted octanol–water partition coefficient (Wildman–Crippen LogP) is 2.20. The first kappa shape index (κ1) is 13.2. The molecule has 0 aliphatic heterocycles. The Morgan fingerprint density at radius 1 is 1.35 bits per heavy atom. The van der Waals surface area contributed by atoms with Crippen LogP contribution in [-0.4, -0.2) is 12.5 Å². The molecule has 3 nitrogen and oxygen atoms in total. The van der Waals surface area contributed by atoms with Crippen molar-refractivity contribution >= 4 is 5.91 Å². The molecule has 17 heavy (non-hydrogen) atoms. The molecular formula is C14H18N2O. The van der Waals surface area contributed by atoms with E-state index in [9.17, 15) is 4.79 Å². The fourth-order valence-electron chi connectivity index (χ4n) is 1.31. The van der Waals surface area contributed by atoms with E-state index in [0.717, 1.165) is 5.56 Å². The van der Waals surface area contributed by atoms with Gasteiger partial charge in [0, 0.05) is 6.54 Å². The van der Waals surface area contributed by atoms with Crippen LogP contribution < -0.4 is 5.32 Å². The zero-order valence-corrected chi connectivity index (χ0v) is 10.6. The largest absolute Gasteiger partial charge is 0.354 e. The Morgan fingerprint density at radius 2 is 1.94 bits per heavy atom. The number of hydrogen-bond acceptors (Lipinski definition) is 2. The topological polar surface area (TPSA) is 52.9 Å². The summed E-state index contributed by atoms with van der Waals surface area (Å²) in [6, 6.07) is 10.0. The monoisotopic (exact) mass is 230 g/mol. The van der Waals surface area contributed by atoms with Crippen molar-refractivity contribution in [3.63, 3.8) is 0 Å². The maximum absolute atomic E-state index is 11.6. The maximum atomic E-state index is 11.6. The molecule has 0 fully saturated rings. The molecule has 0 bridgehead atoms. The van der Waals surface area contributed by atoms with Gasteiger partial charge in [0.15, 0.2) is 0 Å². The number of rotatable bonds is 4. The third-order valence-electron chi connectivity index (χ3n) is 2.52. The summed E-state index contributed by atoms with van der Waals surface area (Å²) in [5, 5.41) is 11.6. The summed E-state index contributed by atoms with van der Waals surface area (Å²) in [5.41, 5.74) is 1.66. The van der Waals surface area contributed by atoms with E-state index in [-0.39, 0.29) is 5.91 Å². The zero-order chi connectivity index (χ0) is 12.9. The van der Waals surface area contributed by atoms with Gasteiger partial charge < -0.3 is 5.32 Å². The Hall–Kier alpha value is -1.82. The van der Waals surface area contributed by atoms with E-state index in [1.807, 2.05) is 31.2 Å². The van der Waals surface area contributed by atoms with Crippen molar-refractivity contribution in [2.45, 2.75) is 27.2 Å². The van der Waals surface area contributed by atoms with E-state index in [4.69, 9.17) is 5.26 Å². The lowest BCUT2D eigenvalue weighted by Gasteiger charge is -2.15. The number of nitrogens with zero attached hydrogens (tertiary/aromatic N) is 1. The molecule has 0 aromatic heterocycles. The minimum atomic E-state index is -0.511. The molecule has 0 saturated carbocycles. The van der Waals surface area contributed by atoms with Crippen LogP contribution in [-0.2, 0) is 11.2 Å². The van der Waals surface area contributed by atoms with E-state index in [2.05, 4.69) is 11.4 Å². The van der Waals surface area contributed by atoms with E-state index in [1.165, 1.54) is 5.56 Å². The molecule has 1 amide bonds. The Morgan fingerprint density at radius 3 is 2.47 bits per heavy atom. The highest BCUT2D eigenvalue weighted by Crippen LogP contribution is 2.10. The van der Waals surface area contributed by atoms with Gasteiger partial charge in [-0.1, -0.05) is 29.8 Å². The molecule has 0 radical (unpaired) electrons. The first-order chi connectivity index (χ1) is 7.93. The second-order valence-corrected chi connectivity index (χ2v) is 4.93. The first-order valence-electron chi connectivity index (χ1n) is 5.66. The number of benzene rings is 1. The van der Waals surface area contributed by atoms with E-state index in [0.29, 0.717) is 13.0 Å². The number of carbonyl (C=O) groups is 1. The van der Waals surface area contributed by atoms with Gasteiger partial charge in [0.1, 0.15) is 0 Å². The maximum Gasteiger partial charge on any atom is 0.224 e. The lowest BCUT2D eigenvalue weighted by atomic mass is 9.96. The lowest BCUT2D eigenvalue weighted by Crippen LogP contribution is -2.34. The van der Waals surface area contributed by atoms with E-state index in [1.54, 1.807) is 13.8 Å². The summed E-state index contributed by atoms with van der Waals surface area (Å²) in [5.74, 6) is -0.0443.